The van der Waals surface area contributed by atoms with Gasteiger partial charge in [-0.25, -0.2) is 0 Å². The second-order valence-electron chi connectivity index (χ2n) is 7.64. The fraction of sp³-hybridized carbons (Fsp3) is 0.600. The maximum atomic E-state index is 13.4. The van der Waals surface area contributed by atoms with Crippen LogP contribution in [0.5, 0.6) is 0 Å². The second kappa shape index (κ2) is 5.91. The van der Waals surface area contributed by atoms with E-state index in [0.29, 0.717) is 5.56 Å². The summed E-state index contributed by atoms with van der Waals surface area (Å²) in [6.45, 7) is 0. The van der Waals surface area contributed by atoms with Crippen LogP contribution < -0.4 is 0 Å². The van der Waals surface area contributed by atoms with E-state index in [4.69, 9.17) is 0 Å². The molecular formula is C20H25NO3. The molecule has 0 aromatic heterocycles. The Morgan fingerprint density at radius 3 is 2.38 bits per heavy atom. The number of carboxylic acids is 1. The van der Waals surface area contributed by atoms with Crippen LogP contribution >= 0.6 is 0 Å². The largest absolute Gasteiger partial charge is 0.481 e. The Hall–Kier alpha value is -1.84. The molecule has 2 aliphatic carbocycles. The van der Waals surface area contributed by atoms with Crippen molar-refractivity contribution in [1.82, 2.24) is 4.90 Å². The molecule has 24 heavy (non-hydrogen) atoms. The molecule has 2 saturated carbocycles. The van der Waals surface area contributed by atoms with Crippen LogP contribution in [0.2, 0.25) is 0 Å². The summed E-state index contributed by atoms with van der Waals surface area (Å²) in [4.78, 5) is 27.7. The fourth-order valence-electron chi connectivity index (χ4n) is 5.45. The SMILES string of the molecule is O=C(O)[C@@H]1c2ccccc2C(=O)N(C2CCCC2)C12CCCCC2. The number of carboxylic acid groups (broad SMARTS) is 1. The van der Waals surface area contributed by atoms with Gasteiger partial charge in [-0.1, -0.05) is 50.3 Å². The van der Waals surface area contributed by atoms with Gasteiger partial charge in [0.05, 0.1) is 5.54 Å². The van der Waals surface area contributed by atoms with Gasteiger partial charge in [-0.05, 0) is 37.3 Å². The molecule has 1 atom stereocenters. The van der Waals surface area contributed by atoms with Gasteiger partial charge in [-0.15, -0.1) is 0 Å². The molecule has 4 heteroatoms. The third-order valence-corrected chi connectivity index (χ3v) is 6.39. The van der Waals surface area contributed by atoms with Gasteiger partial charge in [0, 0.05) is 11.6 Å². The van der Waals surface area contributed by atoms with Crippen molar-refractivity contribution < 1.29 is 14.7 Å². The summed E-state index contributed by atoms with van der Waals surface area (Å²) in [7, 11) is 0. The Morgan fingerprint density at radius 1 is 1.04 bits per heavy atom. The van der Waals surface area contributed by atoms with E-state index in [9.17, 15) is 14.7 Å². The van der Waals surface area contributed by atoms with Gasteiger partial charge in [-0.2, -0.15) is 0 Å². The summed E-state index contributed by atoms with van der Waals surface area (Å²) in [5, 5.41) is 10.1. The lowest BCUT2D eigenvalue weighted by molar-refractivity contribution is -0.144. The zero-order valence-corrected chi connectivity index (χ0v) is 14.0. The van der Waals surface area contributed by atoms with Gasteiger partial charge in [0.15, 0.2) is 0 Å². The highest BCUT2D eigenvalue weighted by atomic mass is 16.4. The lowest BCUT2D eigenvalue weighted by Crippen LogP contribution is -2.64. The monoisotopic (exact) mass is 327 g/mol. The van der Waals surface area contributed by atoms with Crippen LogP contribution in [0.3, 0.4) is 0 Å². The van der Waals surface area contributed by atoms with Crippen molar-refractivity contribution in [2.24, 2.45) is 0 Å². The molecule has 0 bridgehead atoms. The van der Waals surface area contributed by atoms with Crippen molar-refractivity contribution >= 4 is 11.9 Å². The molecular weight excluding hydrogens is 302 g/mol. The number of rotatable bonds is 2. The summed E-state index contributed by atoms with van der Waals surface area (Å²) in [6.07, 6.45) is 9.13. The van der Waals surface area contributed by atoms with Gasteiger partial charge < -0.3 is 10.0 Å². The molecule has 2 fully saturated rings. The number of carbonyl (C=O) groups is 2. The molecule has 4 rings (SSSR count). The second-order valence-corrected chi connectivity index (χ2v) is 7.64. The topological polar surface area (TPSA) is 57.6 Å². The minimum atomic E-state index is -0.778. The van der Waals surface area contributed by atoms with Crippen LogP contribution in [0.15, 0.2) is 24.3 Å². The first-order chi connectivity index (χ1) is 11.6. The maximum Gasteiger partial charge on any atom is 0.313 e. The van der Waals surface area contributed by atoms with Crippen molar-refractivity contribution in [3.63, 3.8) is 0 Å². The lowest BCUT2D eigenvalue weighted by atomic mass is 9.65. The molecule has 0 unspecified atom stereocenters. The van der Waals surface area contributed by atoms with E-state index in [-0.39, 0.29) is 11.9 Å². The minimum absolute atomic E-state index is 0.0666. The maximum absolute atomic E-state index is 13.4. The van der Waals surface area contributed by atoms with Crippen LogP contribution in [-0.2, 0) is 4.79 Å². The number of carbonyl (C=O) groups excluding carboxylic acids is 1. The lowest BCUT2D eigenvalue weighted by Gasteiger charge is -2.55. The summed E-state index contributed by atoms with van der Waals surface area (Å²) in [6, 6.07) is 7.59. The fourth-order valence-corrected chi connectivity index (χ4v) is 5.45. The number of benzene rings is 1. The summed E-state index contributed by atoms with van der Waals surface area (Å²) in [5.41, 5.74) is 0.809. The van der Waals surface area contributed by atoms with E-state index in [2.05, 4.69) is 0 Å². The zero-order chi connectivity index (χ0) is 16.7. The smallest absolute Gasteiger partial charge is 0.313 e. The van der Waals surface area contributed by atoms with Crippen LogP contribution in [0.25, 0.3) is 0 Å². The highest BCUT2D eigenvalue weighted by Gasteiger charge is 2.56. The molecule has 1 amide bonds. The highest BCUT2D eigenvalue weighted by molar-refractivity contribution is 6.01. The van der Waals surface area contributed by atoms with E-state index in [0.717, 1.165) is 63.4 Å². The molecule has 0 radical (unpaired) electrons. The van der Waals surface area contributed by atoms with Crippen LogP contribution in [0.4, 0.5) is 0 Å². The first-order valence-corrected chi connectivity index (χ1v) is 9.30. The molecule has 1 aromatic carbocycles. The van der Waals surface area contributed by atoms with E-state index < -0.39 is 17.4 Å². The molecule has 1 N–H and O–H groups in total. The van der Waals surface area contributed by atoms with Crippen LogP contribution in [0, 0.1) is 0 Å². The van der Waals surface area contributed by atoms with E-state index in [1.807, 2.05) is 29.2 Å². The summed E-state index contributed by atoms with van der Waals surface area (Å²) < 4.78 is 0. The standard InChI is InChI=1S/C20H25NO3/c22-18-16-11-5-4-10-15(16)17(19(23)24)20(12-6-1-7-13-20)21(18)14-8-2-3-9-14/h4-5,10-11,14,17H,1-3,6-9,12-13H2,(H,23,24)/t17-/m0/s1. The molecule has 1 heterocycles. The number of hydrogen-bond donors (Lipinski definition) is 1. The number of fused-ring (bicyclic) bond motifs is 1. The molecule has 1 aromatic rings. The van der Waals surface area contributed by atoms with Crippen molar-refractivity contribution in [2.75, 3.05) is 0 Å². The normalized spacial score (nSPS) is 26.6. The van der Waals surface area contributed by atoms with Gasteiger partial charge >= 0.3 is 5.97 Å². The zero-order valence-electron chi connectivity index (χ0n) is 14.0. The van der Waals surface area contributed by atoms with E-state index in [1.54, 1.807) is 0 Å². The van der Waals surface area contributed by atoms with Crippen molar-refractivity contribution in [3.8, 4) is 0 Å². The van der Waals surface area contributed by atoms with E-state index in [1.165, 1.54) is 0 Å². The van der Waals surface area contributed by atoms with E-state index >= 15 is 0 Å². The average molecular weight is 327 g/mol. The number of amides is 1. The van der Waals surface area contributed by atoms with Crippen LogP contribution in [-0.4, -0.2) is 33.5 Å². The average Bonchev–Trinajstić information content (AvgIpc) is 3.09. The highest BCUT2D eigenvalue weighted by Crippen LogP contribution is 2.51. The first kappa shape index (κ1) is 15.7. The van der Waals surface area contributed by atoms with Crippen LogP contribution in [0.1, 0.15) is 79.6 Å². The predicted octanol–water partition coefficient (Wildman–Crippen LogP) is 3.96. The third kappa shape index (κ3) is 2.19. The Morgan fingerprint density at radius 2 is 1.71 bits per heavy atom. The molecule has 0 saturated heterocycles. The molecule has 4 nitrogen and oxygen atoms in total. The predicted molar refractivity (Wildman–Crippen MR) is 91.1 cm³/mol. The Kier molecular flexibility index (Phi) is 3.86. The van der Waals surface area contributed by atoms with Gasteiger partial charge in [-0.3, -0.25) is 9.59 Å². The van der Waals surface area contributed by atoms with Gasteiger partial charge in [0.1, 0.15) is 5.92 Å². The minimum Gasteiger partial charge on any atom is -0.481 e. The number of aliphatic carboxylic acids is 1. The summed E-state index contributed by atoms with van der Waals surface area (Å²) in [5.74, 6) is -1.30. The Bertz CT molecular complexity index is 657. The third-order valence-electron chi connectivity index (χ3n) is 6.39. The van der Waals surface area contributed by atoms with Crippen molar-refractivity contribution in [3.05, 3.63) is 35.4 Å². The Labute approximate surface area is 142 Å². The summed E-state index contributed by atoms with van der Waals surface area (Å²) >= 11 is 0. The molecule has 1 aliphatic heterocycles. The van der Waals surface area contributed by atoms with Gasteiger partial charge in [0.2, 0.25) is 0 Å². The number of nitrogens with zero attached hydrogens (tertiary/aromatic N) is 1. The molecule has 128 valence electrons. The van der Waals surface area contributed by atoms with Crippen molar-refractivity contribution in [1.29, 1.82) is 0 Å². The number of hydrogen-bond acceptors (Lipinski definition) is 2. The Balaban J connectivity index is 1.90. The van der Waals surface area contributed by atoms with Crippen molar-refractivity contribution in [2.45, 2.75) is 75.3 Å². The first-order valence-electron chi connectivity index (χ1n) is 9.30. The quantitative estimate of drug-likeness (QED) is 0.894. The molecule has 3 aliphatic rings. The van der Waals surface area contributed by atoms with Gasteiger partial charge in [0.25, 0.3) is 5.91 Å². The molecule has 1 spiro atoms.